The molecule has 16 heavy (non-hydrogen) atoms. The van der Waals surface area contributed by atoms with E-state index < -0.39 is 0 Å². The standard InChI is InChI=1S/C11H18N4O/c1-2-6-13-10(16)5-8-15-11-9(12)4-3-7-14-11/h3-4,7H,2,5-6,8,12H2,1H3,(H,13,16)(H,14,15). The lowest BCUT2D eigenvalue weighted by molar-refractivity contribution is -0.120. The second-order valence-corrected chi connectivity index (χ2v) is 3.47. The Hall–Kier alpha value is -1.78. The molecule has 5 nitrogen and oxygen atoms in total. The molecule has 0 radical (unpaired) electrons. The van der Waals surface area contributed by atoms with Crippen LogP contribution in [0, 0.1) is 0 Å². The number of pyridine rings is 1. The van der Waals surface area contributed by atoms with E-state index in [0.29, 0.717) is 24.5 Å². The zero-order chi connectivity index (χ0) is 11.8. The van der Waals surface area contributed by atoms with Crippen LogP contribution in [0.2, 0.25) is 0 Å². The molecule has 0 saturated heterocycles. The van der Waals surface area contributed by atoms with Crippen molar-refractivity contribution < 1.29 is 4.79 Å². The van der Waals surface area contributed by atoms with Crippen molar-refractivity contribution in [1.82, 2.24) is 10.3 Å². The summed E-state index contributed by atoms with van der Waals surface area (Å²) in [7, 11) is 0. The van der Waals surface area contributed by atoms with E-state index in [9.17, 15) is 4.79 Å². The van der Waals surface area contributed by atoms with Gasteiger partial charge in [0.05, 0.1) is 5.69 Å². The van der Waals surface area contributed by atoms with Crippen molar-refractivity contribution >= 4 is 17.4 Å². The van der Waals surface area contributed by atoms with E-state index in [2.05, 4.69) is 15.6 Å². The number of anilines is 2. The Labute approximate surface area is 95.4 Å². The molecule has 0 atom stereocenters. The summed E-state index contributed by atoms with van der Waals surface area (Å²) >= 11 is 0. The highest BCUT2D eigenvalue weighted by molar-refractivity contribution is 5.76. The molecule has 1 heterocycles. The van der Waals surface area contributed by atoms with Crippen LogP contribution in [0.1, 0.15) is 19.8 Å². The van der Waals surface area contributed by atoms with E-state index in [1.54, 1.807) is 18.3 Å². The number of carbonyl (C=O) groups excluding carboxylic acids is 1. The first-order valence-electron chi connectivity index (χ1n) is 5.45. The van der Waals surface area contributed by atoms with Crippen molar-refractivity contribution in [2.45, 2.75) is 19.8 Å². The molecule has 1 aromatic rings. The van der Waals surface area contributed by atoms with Crippen LogP contribution in [-0.2, 0) is 4.79 Å². The first-order chi connectivity index (χ1) is 7.74. The van der Waals surface area contributed by atoms with E-state index in [0.717, 1.165) is 13.0 Å². The molecule has 0 spiro atoms. The number of rotatable bonds is 6. The Bertz CT molecular complexity index is 341. The largest absolute Gasteiger partial charge is 0.396 e. The number of nitrogens with zero attached hydrogens (tertiary/aromatic N) is 1. The third kappa shape index (κ3) is 4.16. The molecule has 0 unspecified atom stereocenters. The predicted octanol–water partition coefficient (Wildman–Crippen LogP) is 0.992. The van der Waals surface area contributed by atoms with Gasteiger partial charge in [-0.2, -0.15) is 0 Å². The number of amides is 1. The Balaban J connectivity index is 2.25. The van der Waals surface area contributed by atoms with Crippen molar-refractivity contribution in [3.63, 3.8) is 0 Å². The molecule has 1 rings (SSSR count). The Morgan fingerprint density at radius 1 is 1.50 bits per heavy atom. The summed E-state index contributed by atoms with van der Waals surface area (Å²) in [6, 6.07) is 3.54. The lowest BCUT2D eigenvalue weighted by Gasteiger charge is -2.07. The monoisotopic (exact) mass is 222 g/mol. The molecule has 1 amide bonds. The van der Waals surface area contributed by atoms with Crippen LogP contribution in [0.25, 0.3) is 0 Å². The van der Waals surface area contributed by atoms with Crippen molar-refractivity contribution in [3.8, 4) is 0 Å². The summed E-state index contributed by atoms with van der Waals surface area (Å²) in [5.41, 5.74) is 6.29. The number of hydrogen-bond acceptors (Lipinski definition) is 4. The maximum Gasteiger partial charge on any atom is 0.221 e. The lowest BCUT2D eigenvalue weighted by atomic mass is 10.3. The smallest absolute Gasteiger partial charge is 0.221 e. The summed E-state index contributed by atoms with van der Waals surface area (Å²) in [4.78, 5) is 15.3. The maximum atomic E-state index is 11.3. The normalized spacial score (nSPS) is 9.81. The Kier molecular flexibility index (Phi) is 5.11. The first-order valence-corrected chi connectivity index (χ1v) is 5.45. The van der Waals surface area contributed by atoms with Crippen molar-refractivity contribution in [2.24, 2.45) is 0 Å². The molecule has 0 bridgehead atoms. The van der Waals surface area contributed by atoms with Crippen LogP contribution in [0.3, 0.4) is 0 Å². The average molecular weight is 222 g/mol. The second kappa shape index (κ2) is 6.66. The van der Waals surface area contributed by atoms with Crippen molar-refractivity contribution in [1.29, 1.82) is 0 Å². The molecule has 0 aliphatic heterocycles. The van der Waals surface area contributed by atoms with Gasteiger partial charge in [0.25, 0.3) is 0 Å². The highest BCUT2D eigenvalue weighted by Gasteiger charge is 2.01. The number of hydrogen-bond donors (Lipinski definition) is 3. The Morgan fingerprint density at radius 3 is 3.00 bits per heavy atom. The molecule has 0 saturated carbocycles. The van der Waals surface area contributed by atoms with Crippen LogP contribution in [0.5, 0.6) is 0 Å². The first kappa shape index (κ1) is 12.3. The van der Waals surface area contributed by atoms with Crippen LogP contribution < -0.4 is 16.4 Å². The molecule has 0 aliphatic rings. The molecule has 0 aliphatic carbocycles. The highest BCUT2D eigenvalue weighted by Crippen LogP contribution is 2.12. The van der Waals surface area contributed by atoms with Gasteiger partial charge in [-0.05, 0) is 18.6 Å². The molecule has 88 valence electrons. The van der Waals surface area contributed by atoms with Crippen molar-refractivity contribution in [2.75, 3.05) is 24.1 Å². The van der Waals surface area contributed by atoms with Crippen LogP contribution in [-0.4, -0.2) is 24.0 Å². The van der Waals surface area contributed by atoms with Gasteiger partial charge < -0.3 is 16.4 Å². The van der Waals surface area contributed by atoms with Gasteiger partial charge in [-0.15, -0.1) is 0 Å². The zero-order valence-corrected chi connectivity index (χ0v) is 9.49. The fourth-order valence-corrected chi connectivity index (χ4v) is 1.21. The van der Waals surface area contributed by atoms with E-state index in [-0.39, 0.29) is 5.91 Å². The maximum absolute atomic E-state index is 11.3. The average Bonchev–Trinajstić information content (AvgIpc) is 2.29. The van der Waals surface area contributed by atoms with Crippen LogP contribution >= 0.6 is 0 Å². The summed E-state index contributed by atoms with van der Waals surface area (Å²) in [6.07, 6.45) is 3.04. The van der Waals surface area contributed by atoms with E-state index in [1.807, 2.05) is 6.92 Å². The van der Waals surface area contributed by atoms with Gasteiger partial charge in [0.2, 0.25) is 5.91 Å². The number of nitrogens with one attached hydrogen (secondary N) is 2. The number of carbonyl (C=O) groups is 1. The second-order valence-electron chi connectivity index (χ2n) is 3.47. The topological polar surface area (TPSA) is 80.0 Å². The molecule has 0 fully saturated rings. The SMILES string of the molecule is CCCNC(=O)CCNc1ncccc1N. The summed E-state index contributed by atoms with van der Waals surface area (Å²) in [6.45, 7) is 3.29. The molecular weight excluding hydrogens is 204 g/mol. The third-order valence-corrected chi connectivity index (χ3v) is 2.06. The number of nitrogen functional groups attached to an aromatic ring is 1. The summed E-state index contributed by atoms with van der Waals surface area (Å²) in [5, 5.41) is 5.83. The van der Waals surface area contributed by atoms with E-state index in [4.69, 9.17) is 5.73 Å². The Morgan fingerprint density at radius 2 is 2.31 bits per heavy atom. The fourth-order valence-electron chi connectivity index (χ4n) is 1.21. The summed E-state index contributed by atoms with van der Waals surface area (Å²) in [5.74, 6) is 0.676. The summed E-state index contributed by atoms with van der Waals surface area (Å²) < 4.78 is 0. The van der Waals surface area contributed by atoms with Gasteiger partial charge in [-0.25, -0.2) is 4.98 Å². The molecule has 4 N–H and O–H groups in total. The minimum Gasteiger partial charge on any atom is -0.396 e. The van der Waals surface area contributed by atoms with Gasteiger partial charge in [0.1, 0.15) is 5.82 Å². The van der Waals surface area contributed by atoms with Crippen molar-refractivity contribution in [3.05, 3.63) is 18.3 Å². The van der Waals surface area contributed by atoms with Crippen LogP contribution in [0.15, 0.2) is 18.3 Å². The molecular formula is C11H18N4O. The molecule has 1 aromatic heterocycles. The third-order valence-electron chi connectivity index (χ3n) is 2.06. The highest BCUT2D eigenvalue weighted by atomic mass is 16.1. The predicted molar refractivity (Wildman–Crippen MR) is 65.1 cm³/mol. The number of nitrogens with two attached hydrogens (primary N) is 1. The van der Waals surface area contributed by atoms with Gasteiger partial charge in [-0.3, -0.25) is 4.79 Å². The molecule has 5 heteroatoms. The minimum absolute atomic E-state index is 0.0452. The number of aromatic nitrogens is 1. The van der Waals surface area contributed by atoms with E-state index in [1.165, 1.54) is 0 Å². The van der Waals surface area contributed by atoms with Gasteiger partial charge in [-0.1, -0.05) is 6.92 Å². The minimum atomic E-state index is 0.0452. The van der Waals surface area contributed by atoms with Gasteiger partial charge in [0, 0.05) is 25.7 Å². The van der Waals surface area contributed by atoms with Gasteiger partial charge in [0.15, 0.2) is 0 Å². The van der Waals surface area contributed by atoms with Gasteiger partial charge >= 0.3 is 0 Å². The lowest BCUT2D eigenvalue weighted by Crippen LogP contribution is -2.26. The zero-order valence-electron chi connectivity index (χ0n) is 9.49. The van der Waals surface area contributed by atoms with Crippen LogP contribution in [0.4, 0.5) is 11.5 Å². The fraction of sp³-hybridized carbons (Fsp3) is 0.455. The molecule has 0 aromatic carbocycles. The van der Waals surface area contributed by atoms with E-state index >= 15 is 0 Å². The quantitative estimate of drug-likeness (QED) is 0.670.